The SMILES string of the molecule is CC1CCCC(O)(CNc2nc3ccccc3n2C)C1. The van der Waals surface area contributed by atoms with E-state index in [1.54, 1.807) is 0 Å². The Balaban J connectivity index is 1.75. The lowest BCUT2D eigenvalue weighted by Gasteiger charge is -2.35. The van der Waals surface area contributed by atoms with Crippen molar-refractivity contribution in [1.82, 2.24) is 9.55 Å². The number of rotatable bonds is 3. The maximum Gasteiger partial charge on any atom is 0.203 e. The van der Waals surface area contributed by atoms with Gasteiger partial charge in [0.15, 0.2) is 0 Å². The van der Waals surface area contributed by atoms with Crippen LogP contribution in [0.3, 0.4) is 0 Å². The summed E-state index contributed by atoms with van der Waals surface area (Å²) in [6.07, 6.45) is 4.11. The molecule has 0 saturated heterocycles. The van der Waals surface area contributed by atoms with E-state index in [1.807, 2.05) is 29.8 Å². The third-order valence-electron chi connectivity index (χ3n) is 4.43. The Morgan fingerprint density at radius 2 is 2.25 bits per heavy atom. The predicted molar refractivity (Wildman–Crippen MR) is 81.8 cm³/mol. The Bertz CT molecular complexity index is 607. The smallest absolute Gasteiger partial charge is 0.203 e. The van der Waals surface area contributed by atoms with E-state index >= 15 is 0 Å². The minimum absolute atomic E-state index is 0.578. The fourth-order valence-corrected chi connectivity index (χ4v) is 3.34. The van der Waals surface area contributed by atoms with Crippen LogP contribution in [0.4, 0.5) is 5.95 Å². The predicted octanol–water partition coefficient (Wildman–Crippen LogP) is 2.93. The minimum Gasteiger partial charge on any atom is -0.388 e. The van der Waals surface area contributed by atoms with E-state index in [0.717, 1.165) is 36.2 Å². The molecule has 1 saturated carbocycles. The van der Waals surface area contributed by atoms with Crippen molar-refractivity contribution in [2.45, 2.75) is 38.2 Å². The van der Waals surface area contributed by atoms with Gasteiger partial charge < -0.3 is 15.0 Å². The second-order valence-electron chi connectivity index (χ2n) is 6.26. The Hall–Kier alpha value is -1.55. The Labute approximate surface area is 119 Å². The number of hydrogen-bond donors (Lipinski definition) is 2. The molecule has 1 fully saturated rings. The first-order valence-electron chi connectivity index (χ1n) is 7.45. The molecule has 0 aliphatic heterocycles. The van der Waals surface area contributed by atoms with Gasteiger partial charge in [0, 0.05) is 13.6 Å². The standard InChI is InChI=1S/C16H23N3O/c1-12-6-5-9-16(20,10-12)11-17-15-18-13-7-3-4-8-14(13)19(15)2/h3-4,7-8,12,20H,5-6,9-11H2,1-2H3,(H,17,18). The quantitative estimate of drug-likeness (QED) is 0.904. The maximum atomic E-state index is 10.7. The van der Waals surface area contributed by atoms with Crippen molar-refractivity contribution in [2.75, 3.05) is 11.9 Å². The molecule has 4 heteroatoms. The van der Waals surface area contributed by atoms with E-state index in [1.165, 1.54) is 6.42 Å². The van der Waals surface area contributed by atoms with Gasteiger partial charge in [0.1, 0.15) is 0 Å². The molecule has 2 atom stereocenters. The third kappa shape index (κ3) is 2.52. The average Bonchev–Trinajstić information content (AvgIpc) is 2.74. The number of fused-ring (bicyclic) bond motifs is 1. The molecule has 1 aliphatic rings. The number of nitrogens with zero attached hydrogens (tertiary/aromatic N) is 2. The summed E-state index contributed by atoms with van der Waals surface area (Å²) in [6, 6.07) is 8.09. The molecule has 0 spiro atoms. The first kappa shape index (κ1) is 13.4. The van der Waals surface area contributed by atoms with Gasteiger partial charge in [-0.25, -0.2) is 4.98 Å². The van der Waals surface area contributed by atoms with Crippen molar-refractivity contribution in [3.8, 4) is 0 Å². The zero-order valence-corrected chi connectivity index (χ0v) is 12.3. The number of hydrogen-bond acceptors (Lipinski definition) is 3. The molecule has 1 aromatic carbocycles. The molecule has 1 aromatic heterocycles. The van der Waals surface area contributed by atoms with Gasteiger partial charge in [-0.05, 0) is 30.9 Å². The van der Waals surface area contributed by atoms with Crippen molar-refractivity contribution in [3.05, 3.63) is 24.3 Å². The molecule has 0 amide bonds. The lowest BCUT2D eigenvalue weighted by molar-refractivity contribution is -0.000922. The van der Waals surface area contributed by atoms with Crippen LogP contribution >= 0.6 is 0 Å². The highest BCUT2D eigenvalue weighted by atomic mass is 16.3. The van der Waals surface area contributed by atoms with Crippen LogP contribution in [-0.2, 0) is 7.05 Å². The summed E-state index contributed by atoms with van der Waals surface area (Å²) in [6.45, 7) is 2.80. The molecule has 3 rings (SSSR count). The molecule has 0 bridgehead atoms. The average molecular weight is 273 g/mol. The van der Waals surface area contributed by atoms with Crippen molar-refractivity contribution in [3.63, 3.8) is 0 Å². The van der Waals surface area contributed by atoms with Gasteiger partial charge in [0.05, 0.1) is 16.6 Å². The molecule has 2 aromatic rings. The summed E-state index contributed by atoms with van der Waals surface area (Å²) in [5.74, 6) is 1.44. The topological polar surface area (TPSA) is 50.1 Å². The van der Waals surface area contributed by atoms with Crippen LogP contribution in [0.1, 0.15) is 32.6 Å². The Kier molecular flexibility index (Phi) is 3.42. The molecule has 20 heavy (non-hydrogen) atoms. The number of benzene rings is 1. The van der Waals surface area contributed by atoms with Crippen molar-refractivity contribution < 1.29 is 5.11 Å². The van der Waals surface area contributed by atoms with E-state index in [9.17, 15) is 5.11 Å². The minimum atomic E-state index is -0.587. The van der Waals surface area contributed by atoms with E-state index in [-0.39, 0.29) is 0 Å². The van der Waals surface area contributed by atoms with Crippen molar-refractivity contribution in [2.24, 2.45) is 13.0 Å². The van der Waals surface area contributed by atoms with Gasteiger partial charge in [-0.1, -0.05) is 31.9 Å². The number of imidazole rings is 1. The zero-order chi connectivity index (χ0) is 14.2. The van der Waals surface area contributed by atoms with Crippen LogP contribution in [0.15, 0.2) is 24.3 Å². The molecular formula is C16H23N3O. The summed E-state index contributed by atoms with van der Waals surface area (Å²) in [5, 5.41) is 14.0. The molecule has 4 nitrogen and oxygen atoms in total. The first-order valence-corrected chi connectivity index (χ1v) is 7.45. The second kappa shape index (κ2) is 5.09. The molecule has 1 aliphatic carbocycles. The molecule has 0 radical (unpaired) electrons. The van der Waals surface area contributed by atoms with E-state index in [2.05, 4.69) is 23.3 Å². The van der Waals surface area contributed by atoms with Gasteiger partial charge in [-0.2, -0.15) is 0 Å². The monoisotopic (exact) mass is 273 g/mol. The van der Waals surface area contributed by atoms with Crippen LogP contribution < -0.4 is 5.32 Å². The van der Waals surface area contributed by atoms with Gasteiger partial charge in [-0.15, -0.1) is 0 Å². The first-order chi connectivity index (χ1) is 9.57. The van der Waals surface area contributed by atoms with Crippen LogP contribution in [0.5, 0.6) is 0 Å². The Morgan fingerprint density at radius 1 is 1.45 bits per heavy atom. The lowest BCUT2D eigenvalue weighted by Crippen LogP contribution is -2.41. The third-order valence-corrected chi connectivity index (χ3v) is 4.43. The molecule has 1 heterocycles. The van der Waals surface area contributed by atoms with Crippen LogP contribution in [0.25, 0.3) is 11.0 Å². The Morgan fingerprint density at radius 3 is 3.00 bits per heavy atom. The summed E-state index contributed by atoms with van der Waals surface area (Å²) < 4.78 is 2.05. The van der Waals surface area contributed by atoms with Crippen LogP contribution in [0.2, 0.25) is 0 Å². The van der Waals surface area contributed by atoms with Crippen molar-refractivity contribution >= 4 is 17.0 Å². The van der Waals surface area contributed by atoms with Gasteiger partial charge in [-0.3, -0.25) is 0 Å². The van der Waals surface area contributed by atoms with Gasteiger partial charge in [0.2, 0.25) is 5.95 Å². The number of aromatic nitrogens is 2. The number of aliphatic hydroxyl groups is 1. The maximum absolute atomic E-state index is 10.7. The second-order valence-corrected chi connectivity index (χ2v) is 6.26. The number of anilines is 1. The largest absolute Gasteiger partial charge is 0.388 e. The summed E-state index contributed by atoms with van der Waals surface area (Å²) in [5.41, 5.74) is 1.51. The number of para-hydroxylation sites is 2. The lowest BCUT2D eigenvalue weighted by atomic mass is 9.79. The van der Waals surface area contributed by atoms with E-state index < -0.39 is 5.60 Å². The molecule has 2 N–H and O–H groups in total. The van der Waals surface area contributed by atoms with Crippen molar-refractivity contribution in [1.29, 1.82) is 0 Å². The highest BCUT2D eigenvalue weighted by Gasteiger charge is 2.32. The number of aryl methyl sites for hydroxylation is 1. The molecule has 2 unspecified atom stereocenters. The summed E-state index contributed by atoms with van der Waals surface area (Å²) in [4.78, 5) is 4.59. The molecular weight excluding hydrogens is 250 g/mol. The van der Waals surface area contributed by atoms with Crippen LogP contribution in [-0.4, -0.2) is 26.8 Å². The van der Waals surface area contributed by atoms with Crippen LogP contribution in [0, 0.1) is 5.92 Å². The van der Waals surface area contributed by atoms with E-state index in [4.69, 9.17) is 0 Å². The fraction of sp³-hybridized carbons (Fsp3) is 0.562. The highest BCUT2D eigenvalue weighted by molar-refractivity contribution is 5.78. The molecule has 108 valence electrons. The van der Waals surface area contributed by atoms with Gasteiger partial charge >= 0.3 is 0 Å². The van der Waals surface area contributed by atoms with E-state index in [0.29, 0.717) is 12.5 Å². The fourth-order valence-electron chi connectivity index (χ4n) is 3.34. The summed E-state index contributed by atoms with van der Waals surface area (Å²) >= 11 is 0. The highest BCUT2D eigenvalue weighted by Crippen LogP contribution is 2.32. The van der Waals surface area contributed by atoms with Gasteiger partial charge in [0.25, 0.3) is 0 Å². The number of nitrogens with one attached hydrogen (secondary N) is 1. The normalized spacial score (nSPS) is 26.9. The summed E-state index contributed by atoms with van der Waals surface area (Å²) in [7, 11) is 2.01. The zero-order valence-electron chi connectivity index (χ0n) is 12.3.